The van der Waals surface area contributed by atoms with E-state index >= 15 is 0 Å². The standard InChI is InChI=1S/C21H21ClN6O2/c22-20-13-5-6-28(21(13)26-10-25-20)16-8-12(18(29)19(16)30)3-1-11-2-4-14-15(7-11)27-17(23)9-24-14/h2,4-7,9-10,12,16,18-19,29-30H,1,3,8H2,(H2,23,27)/t12-,16+,18+,19-/m0/s1. The molecule has 3 heterocycles. The van der Waals surface area contributed by atoms with Crippen molar-refractivity contribution in [1.29, 1.82) is 0 Å². The molecule has 30 heavy (non-hydrogen) atoms. The van der Waals surface area contributed by atoms with Gasteiger partial charge in [-0.15, -0.1) is 0 Å². The number of rotatable bonds is 4. The van der Waals surface area contributed by atoms with E-state index < -0.39 is 12.2 Å². The summed E-state index contributed by atoms with van der Waals surface area (Å²) < 4.78 is 1.89. The number of nitrogens with zero attached hydrogens (tertiary/aromatic N) is 5. The Kier molecular flexibility index (Phi) is 4.77. The lowest BCUT2D eigenvalue weighted by Gasteiger charge is -2.19. The summed E-state index contributed by atoms with van der Waals surface area (Å²) in [7, 11) is 0. The van der Waals surface area contributed by atoms with E-state index in [2.05, 4.69) is 19.9 Å². The van der Waals surface area contributed by atoms with Crippen molar-refractivity contribution in [3.63, 3.8) is 0 Å². The van der Waals surface area contributed by atoms with Crippen molar-refractivity contribution in [2.75, 3.05) is 5.73 Å². The molecule has 1 fully saturated rings. The number of nitrogens with two attached hydrogens (primary N) is 1. The molecule has 4 aromatic rings. The maximum Gasteiger partial charge on any atom is 0.145 e. The SMILES string of the molecule is Nc1cnc2ccc(CC[C@H]3C[C@@H](n4ccc5c(Cl)ncnc54)[C@H](O)[C@@H]3O)cc2n1. The number of fused-ring (bicyclic) bond motifs is 2. The van der Waals surface area contributed by atoms with Crippen molar-refractivity contribution < 1.29 is 10.2 Å². The first-order chi connectivity index (χ1) is 14.5. The Bertz CT molecular complexity index is 1230. The van der Waals surface area contributed by atoms with Crippen molar-refractivity contribution in [2.45, 2.75) is 37.5 Å². The highest BCUT2D eigenvalue weighted by Gasteiger charge is 2.42. The number of nitrogen functional groups attached to an aromatic ring is 1. The highest BCUT2D eigenvalue weighted by atomic mass is 35.5. The van der Waals surface area contributed by atoms with Crippen molar-refractivity contribution in [1.82, 2.24) is 24.5 Å². The molecule has 5 rings (SSSR count). The molecule has 8 nitrogen and oxygen atoms in total. The Morgan fingerprint density at radius 2 is 1.97 bits per heavy atom. The third-order valence-corrected chi connectivity index (χ3v) is 6.32. The molecule has 0 unspecified atom stereocenters. The van der Waals surface area contributed by atoms with Gasteiger partial charge in [0.25, 0.3) is 0 Å². The van der Waals surface area contributed by atoms with E-state index in [9.17, 15) is 10.2 Å². The highest BCUT2D eigenvalue weighted by Crippen LogP contribution is 2.39. The van der Waals surface area contributed by atoms with Gasteiger partial charge >= 0.3 is 0 Å². The summed E-state index contributed by atoms with van der Waals surface area (Å²) in [6, 6.07) is 7.49. The summed E-state index contributed by atoms with van der Waals surface area (Å²) in [5.74, 6) is 0.349. The summed E-state index contributed by atoms with van der Waals surface area (Å²) >= 11 is 6.15. The van der Waals surface area contributed by atoms with Gasteiger partial charge in [-0.05, 0) is 48.9 Å². The van der Waals surface area contributed by atoms with E-state index in [1.807, 2.05) is 35.0 Å². The van der Waals surface area contributed by atoms with Gasteiger partial charge in [0.2, 0.25) is 0 Å². The Morgan fingerprint density at radius 1 is 1.10 bits per heavy atom. The van der Waals surface area contributed by atoms with Gasteiger partial charge in [0.05, 0.1) is 34.8 Å². The first kappa shape index (κ1) is 19.2. The summed E-state index contributed by atoms with van der Waals surface area (Å²) in [6.45, 7) is 0. The van der Waals surface area contributed by atoms with Gasteiger partial charge in [0.1, 0.15) is 29.0 Å². The number of hydrogen-bond donors (Lipinski definition) is 3. The zero-order valence-electron chi connectivity index (χ0n) is 16.1. The van der Waals surface area contributed by atoms with Gasteiger partial charge < -0.3 is 20.5 Å². The minimum absolute atomic E-state index is 0.0395. The second-order valence-electron chi connectivity index (χ2n) is 7.83. The topological polar surface area (TPSA) is 123 Å². The van der Waals surface area contributed by atoms with E-state index in [0.717, 1.165) is 34.8 Å². The van der Waals surface area contributed by atoms with Gasteiger partial charge in [-0.1, -0.05) is 17.7 Å². The van der Waals surface area contributed by atoms with Crippen LogP contribution in [0.2, 0.25) is 5.15 Å². The van der Waals surface area contributed by atoms with E-state index in [-0.39, 0.29) is 12.0 Å². The molecule has 1 aliphatic rings. The summed E-state index contributed by atoms with van der Waals surface area (Å²) in [4.78, 5) is 16.9. The molecule has 0 saturated heterocycles. The molecular formula is C21H21ClN6O2. The second-order valence-corrected chi connectivity index (χ2v) is 8.18. The maximum absolute atomic E-state index is 10.7. The smallest absolute Gasteiger partial charge is 0.145 e. The second kappa shape index (κ2) is 7.46. The van der Waals surface area contributed by atoms with Gasteiger partial charge in [0, 0.05) is 6.20 Å². The molecule has 0 spiro atoms. The van der Waals surface area contributed by atoms with Crippen LogP contribution in [0.3, 0.4) is 0 Å². The normalized spacial score (nSPS) is 24.1. The number of halogens is 1. The largest absolute Gasteiger partial charge is 0.390 e. The van der Waals surface area contributed by atoms with Crippen LogP contribution in [0.25, 0.3) is 22.1 Å². The van der Waals surface area contributed by atoms with Crippen LogP contribution in [0.1, 0.15) is 24.4 Å². The van der Waals surface area contributed by atoms with E-state index in [1.165, 1.54) is 6.33 Å². The molecule has 0 bridgehead atoms. The predicted octanol–water partition coefficient (Wildman–Crippen LogP) is 2.53. The maximum atomic E-state index is 10.7. The quantitative estimate of drug-likeness (QED) is 0.430. The minimum Gasteiger partial charge on any atom is -0.390 e. The third-order valence-electron chi connectivity index (χ3n) is 6.02. The van der Waals surface area contributed by atoms with Crippen LogP contribution in [0.4, 0.5) is 5.82 Å². The lowest BCUT2D eigenvalue weighted by molar-refractivity contribution is 0.00545. The molecule has 3 aromatic heterocycles. The third kappa shape index (κ3) is 3.27. The van der Waals surface area contributed by atoms with Crippen molar-refractivity contribution >= 4 is 39.5 Å². The van der Waals surface area contributed by atoms with Crippen LogP contribution in [-0.2, 0) is 6.42 Å². The molecular weight excluding hydrogens is 404 g/mol. The summed E-state index contributed by atoms with van der Waals surface area (Å²) in [6.07, 6.45) is 5.27. The van der Waals surface area contributed by atoms with Gasteiger partial charge in [-0.2, -0.15) is 0 Å². The van der Waals surface area contributed by atoms with Gasteiger partial charge in [0.15, 0.2) is 0 Å². The molecule has 0 radical (unpaired) electrons. The molecule has 4 N–H and O–H groups in total. The van der Waals surface area contributed by atoms with Crippen molar-refractivity contribution in [3.05, 3.63) is 53.7 Å². The fourth-order valence-electron chi connectivity index (χ4n) is 4.45. The molecule has 1 aromatic carbocycles. The Hall–Kier alpha value is -2.81. The lowest BCUT2D eigenvalue weighted by Crippen LogP contribution is -2.29. The van der Waals surface area contributed by atoms with Crippen LogP contribution in [0.5, 0.6) is 0 Å². The van der Waals surface area contributed by atoms with Crippen LogP contribution in [0.15, 0.2) is 43.0 Å². The molecule has 4 atom stereocenters. The molecule has 0 aliphatic heterocycles. The first-order valence-electron chi connectivity index (χ1n) is 9.85. The lowest BCUT2D eigenvalue weighted by atomic mass is 9.96. The van der Waals surface area contributed by atoms with E-state index in [1.54, 1.807) is 6.20 Å². The Labute approximate surface area is 177 Å². The van der Waals surface area contributed by atoms with Gasteiger partial charge in [-0.25, -0.2) is 15.0 Å². The Morgan fingerprint density at radius 3 is 2.83 bits per heavy atom. The zero-order chi connectivity index (χ0) is 20.8. The number of anilines is 1. The summed E-state index contributed by atoms with van der Waals surface area (Å²) in [5.41, 5.74) is 9.05. The van der Waals surface area contributed by atoms with Crippen LogP contribution in [-0.4, -0.2) is 46.9 Å². The summed E-state index contributed by atoms with van der Waals surface area (Å²) in [5, 5.41) is 22.5. The molecule has 154 valence electrons. The molecule has 1 saturated carbocycles. The monoisotopic (exact) mass is 424 g/mol. The van der Waals surface area contributed by atoms with Crippen LogP contribution in [0, 0.1) is 5.92 Å². The Balaban J connectivity index is 1.34. The number of aryl methyl sites for hydroxylation is 1. The average molecular weight is 425 g/mol. The van der Waals surface area contributed by atoms with Crippen molar-refractivity contribution in [3.8, 4) is 0 Å². The average Bonchev–Trinajstić information content (AvgIpc) is 3.29. The van der Waals surface area contributed by atoms with E-state index in [4.69, 9.17) is 17.3 Å². The number of hydrogen-bond acceptors (Lipinski definition) is 7. The number of benzene rings is 1. The molecule has 0 amide bonds. The van der Waals surface area contributed by atoms with Crippen LogP contribution < -0.4 is 5.73 Å². The molecule has 9 heteroatoms. The fourth-order valence-corrected chi connectivity index (χ4v) is 4.64. The molecule has 1 aliphatic carbocycles. The zero-order valence-corrected chi connectivity index (χ0v) is 16.8. The number of aromatic nitrogens is 5. The minimum atomic E-state index is -0.874. The fraction of sp³-hybridized carbons (Fsp3) is 0.333. The first-order valence-corrected chi connectivity index (χ1v) is 10.2. The van der Waals surface area contributed by atoms with Crippen LogP contribution >= 0.6 is 11.6 Å². The van der Waals surface area contributed by atoms with Gasteiger partial charge in [-0.3, -0.25) is 4.98 Å². The van der Waals surface area contributed by atoms with E-state index in [0.29, 0.717) is 23.0 Å². The number of aliphatic hydroxyl groups excluding tert-OH is 2. The number of aliphatic hydroxyl groups is 2. The highest BCUT2D eigenvalue weighted by molar-refractivity contribution is 6.33. The predicted molar refractivity (Wildman–Crippen MR) is 114 cm³/mol. The van der Waals surface area contributed by atoms with Crippen molar-refractivity contribution in [2.24, 2.45) is 5.92 Å².